The lowest BCUT2D eigenvalue weighted by Gasteiger charge is -2.12. The van der Waals surface area contributed by atoms with Gasteiger partial charge in [0, 0.05) is 19.0 Å². The van der Waals surface area contributed by atoms with Crippen LogP contribution < -0.4 is 14.8 Å². The maximum Gasteiger partial charge on any atom is 0.224 e. The van der Waals surface area contributed by atoms with Gasteiger partial charge in [0.15, 0.2) is 0 Å². The number of benzene rings is 4. The second kappa shape index (κ2) is 12.8. The second-order valence-corrected chi connectivity index (χ2v) is 9.39. The minimum Gasteiger partial charge on any atom is -0.497 e. The highest BCUT2D eigenvalue weighted by Gasteiger charge is 2.11. The van der Waals surface area contributed by atoms with Crippen LogP contribution in [0, 0.1) is 0 Å². The number of hydrogen-bond donors (Lipinski definition) is 1. The Morgan fingerprint density at radius 2 is 1.59 bits per heavy atom. The Kier molecular flexibility index (Phi) is 8.54. The monoisotopic (exact) mass is 519 g/mol. The third-order valence-electron chi connectivity index (χ3n) is 6.68. The molecular weight excluding hydrogens is 486 g/mol. The standard InChI is InChI=1S/C33H33N3O3/c1-38-28-11-7-12-29(24-28)39-22-21-36-31-14-6-5-13-30(31)35-32(36)15-8-20-34-33(37)23-25-16-18-27(19-17-25)26-9-3-2-4-10-26/h2-7,9-14,16-19,24H,8,15,20-23H2,1H3,(H,34,37). The molecule has 5 aromatic rings. The molecule has 0 spiro atoms. The van der Waals surface area contributed by atoms with Gasteiger partial charge in [-0.05, 0) is 47.4 Å². The first kappa shape index (κ1) is 26.0. The molecule has 0 aliphatic heterocycles. The molecule has 0 saturated carbocycles. The summed E-state index contributed by atoms with van der Waals surface area (Å²) in [7, 11) is 1.65. The van der Waals surface area contributed by atoms with E-state index in [2.05, 4.69) is 40.2 Å². The van der Waals surface area contributed by atoms with Crippen LogP contribution in [0.3, 0.4) is 0 Å². The van der Waals surface area contributed by atoms with Crippen molar-refractivity contribution in [2.75, 3.05) is 20.3 Å². The van der Waals surface area contributed by atoms with Crippen LogP contribution in [0.2, 0.25) is 0 Å². The lowest BCUT2D eigenvalue weighted by Crippen LogP contribution is -2.26. The first-order valence-corrected chi connectivity index (χ1v) is 13.3. The normalized spacial score (nSPS) is 10.9. The van der Waals surface area contributed by atoms with E-state index in [1.54, 1.807) is 7.11 Å². The average Bonchev–Trinajstić information content (AvgIpc) is 3.33. The van der Waals surface area contributed by atoms with Crippen molar-refractivity contribution in [3.05, 3.63) is 115 Å². The Labute approximate surface area is 229 Å². The quantitative estimate of drug-likeness (QED) is 0.203. The number of rotatable bonds is 12. The molecule has 6 nitrogen and oxygen atoms in total. The topological polar surface area (TPSA) is 65.4 Å². The van der Waals surface area contributed by atoms with Gasteiger partial charge in [-0.15, -0.1) is 0 Å². The number of hydrogen-bond acceptors (Lipinski definition) is 4. The van der Waals surface area contributed by atoms with Crippen molar-refractivity contribution in [3.63, 3.8) is 0 Å². The molecule has 39 heavy (non-hydrogen) atoms. The van der Waals surface area contributed by atoms with E-state index in [-0.39, 0.29) is 5.91 Å². The van der Waals surface area contributed by atoms with Crippen molar-refractivity contribution in [1.82, 2.24) is 14.9 Å². The third kappa shape index (κ3) is 6.85. The van der Waals surface area contributed by atoms with Crippen molar-refractivity contribution >= 4 is 16.9 Å². The van der Waals surface area contributed by atoms with E-state index in [1.165, 1.54) is 5.56 Å². The van der Waals surface area contributed by atoms with Gasteiger partial charge in [-0.2, -0.15) is 0 Å². The Hall–Kier alpha value is -4.58. The van der Waals surface area contributed by atoms with Crippen LogP contribution in [-0.2, 0) is 24.2 Å². The minimum atomic E-state index is 0.0302. The fourth-order valence-electron chi connectivity index (χ4n) is 4.68. The zero-order chi connectivity index (χ0) is 26.9. The lowest BCUT2D eigenvalue weighted by atomic mass is 10.0. The summed E-state index contributed by atoms with van der Waals surface area (Å²) in [6.45, 7) is 1.79. The van der Waals surface area contributed by atoms with Crippen molar-refractivity contribution in [3.8, 4) is 22.6 Å². The summed E-state index contributed by atoms with van der Waals surface area (Å²) in [5.74, 6) is 2.57. The highest BCUT2D eigenvalue weighted by Crippen LogP contribution is 2.21. The first-order valence-electron chi connectivity index (χ1n) is 13.3. The summed E-state index contributed by atoms with van der Waals surface area (Å²) in [5, 5.41) is 3.06. The second-order valence-electron chi connectivity index (χ2n) is 9.39. The molecule has 1 heterocycles. The number of imidazole rings is 1. The molecular formula is C33H33N3O3. The number of para-hydroxylation sites is 2. The van der Waals surface area contributed by atoms with Gasteiger partial charge >= 0.3 is 0 Å². The predicted molar refractivity (Wildman–Crippen MR) is 155 cm³/mol. The Bertz CT molecular complexity index is 1510. The molecule has 198 valence electrons. The highest BCUT2D eigenvalue weighted by atomic mass is 16.5. The van der Waals surface area contributed by atoms with Gasteiger partial charge in [-0.25, -0.2) is 4.98 Å². The zero-order valence-electron chi connectivity index (χ0n) is 22.2. The van der Waals surface area contributed by atoms with E-state index in [0.29, 0.717) is 26.1 Å². The molecule has 0 unspecified atom stereocenters. The smallest absolute Gasteiger partial charge is 0.224 e. The number of nitrogens with one attached hydrogen (secondary N) is 1. The van der Waals surface area contributed by atoms with E-state index in [1.807, 2.05) is 72.8 Å². The summed E-state index contributed by atoms with van der Waals surface area (Å²) in [5.41, 5.74) is 5.38. The van der Waals surface area contributed by atoms with Crippen molar-refractivity contribution in [2.45, 2.75) is 25.8 Å². The number of methoxy groups -OCH3 is 1. The number of carbonyl (C=O) groups excluding carboxylic acids is 1. The van der Waals surface area contributed by atoms with Crippen LogP contribution >= 0.6 is 0 Å². The maximum absolute atomic E-state index is 12.6. The molecule has 4 aromatic carbocycles. The minimum absolute atomic E-state index is 0.0302. The summed E-state index contributed by atoms with van der Waals surface area (Å²) in [6.07, 6.45) is 1.94. The van der Waals surface area contributed by atoms with Gasteiger partial charge in [-0.1, -0.05) is 72.8 Å². The molecule has 0 fully saturated rings. The fourth-order valence-corrected chi connectivity index (χ4v) is 4.68. The van der Waals surface area contributed by atoms with E-state index < -0.39 is 0 Å². The fraction of sp³-hybridized carbons (Fsp3) is 0.212. The van der Waals surface area contributed by atoms with Crippen LogP contribution in [0.5, 0.6) is 11.5 Å². The van der Waals surface area contributed by atoms with Gasteiger partial charge in [0.2, 0.25) is 5.91 Å². The molecule has 0 aliphatic carbocycles. The van der Waals surface area contributed by atoms with Gasteiger partial charge in [0.05, 0.1) is 31.1 Å². The lowest BCUT2D eigenvalue weighted by molar-refractivity contribution is -0.120. The molecule has 0 aliphatic rings. The molecule has 1 N–H and O–H groups in total. The molecule has 0 radical (unpaired) electrons. The van der Waals surface area contributed by atoms with Crippen LogP contribution in [0.4, 0.5) is 0 Å². The summed E-state index contributed by atoms with van der Waals surface area (Å²) in [4.78, 5) is 17.4. The van der Waals surface area contributed by atoms with Gasteiger partial charge in [0.25, 0.3) is 0 Å². The number of fused-ring (bicyclic) bond motifs is 1. The van der Waals surface area contributed by atoms with E-state index in [0.717, 1.165) is 52.3 Å². The third-order valence-corrected chi connectivity index (χ3v) is 6.68. The van der Waals surface area contributed by atoms with Crippen LogP contribution in [0.1, 0.15) is 17.8 Å². The maximum atomic E-state index is 12.6. The van der Waals surface area contributed by atoms with Crippen molar-refractivity contribution < 1.29 is 14.3 Å². The number of ether oxygens (including phenoxy) is 2. The number of nitrogens with zero attached hydrogens (tertiary/aromatic N) is 2. The Balaban J connectivity index is 1.12. The number of aromatic nitrogens is 2. The predicted octanol–water partition coefficient (Wildman–Crippen LogP) is 6.08. The summed E-state index contributed by atoms with van der Waals surface area (Å²) < 4.78 is 13.5. The molecule has 1 aromatic heterocycles. The number of carbonyl (C=O) groups is 1. The Morgan fingerprint density at radius 3 is 2.41 bits per heavy atom. The zero-order valence-corrected chi connectivity index (χ0v) is 22.2. The van der Waals surface area contributed by atoms with E-state index in [4.69, 9.17) is 14.5 Å². The molecule has 0 bridgehead atoms. The average molecular weight is 520 g/mol. The van der Waals surface area contributed by atoms with Crippen LogP contribution in [0.25, 0.3) is 22.2 Å². The molecule has 5 rings (SSSR count). The van der Waals surface area contributed by atoms with E-state index in [9.17, 15) is 4.79 Å². The van der Waals surface area contributed by atoms with Gasteiger partial charge in [0.1, 0.15) is 23.9 Å². The molecule has 0 atom stereocenters. The number of aryl methyl sites for hydroxylation is 1. The van der Waals surface area contributed by atoms with Crippen LogP contribution in [-0.4, -0.2) is 35.7 Å². The van der Waals surface area contributed by atoms with E-state index >= 15 is 0 Å². The largest absolute Gasteiger partial charge is 0.497 e. The van der Waals surface area contributed by atoms with Gasteiger partial charge in [-0.3, -0.25) is 4.79 Å². The molecule has 1 amide bonds. The molecule has 6 heteroatoms. The first-order chi connectivity index (χ1) is 19.2. The summed E-state index contributed by atoms with van der Waals surface area (Å²) in [6, 6.07) is 34.2. The Morgan fingerprint density at radius 1 is 0.846 bits per heavy atom. The number of amides is 1. The van der Waals surface area contributed by atoms with Crippen molar-refractivity contribution in [1.29, 1.82) is 0 Å². The molecule has 0 saturated heterocycles. The summed E-state index contributed by atoms with van der Waals surface area (Å²) >= 11 is 0. The van der Waals surface area contributed by atoms with Crippen molar-refractivity contribution in [2.24, 2.45) is 0 Å². The highest BCUT2D eigenvalue weighted by molar-refractivity contribution is 5.79. The van der Waals surface area contributed by atoms with Crippen LogP contribution in [0.15, 0.2) is 103 Å². The SMILES string of the molecule is COc1cccc(OCCn2c(CCCNC(=O)Cc3ccc(-c4ccccc4)cc3)nc3ccccc32)c1. The van der Waals surface area contributed by atoms with Gasteiger partial charge < -0.3 is 19.4 Å².